The minimum absolute atomic E-state index is 0.673. The summed E-state index contributed by atoms with van der Waals surface area (Å²) in [6.45, 7) is 4.72. The smallest absolute Gasteiger partial charge is 0.0221 e. The van der Waals surface area contributed by atoms with Gasteiger partial charge in [0.1, 0.15) is 0 Å². The largest absolute Gasteiger partial charge is 0.329 e. The van der Waals surface area contributed by atoms with Crippen molar-refractivity contribution in [3.05, 3.63) is 0 Å². The van der Waals surface area contributed by atoms with Gasteiger partial charge in [0.05, 0.1) is 0 Å². The van der Waals surface area contributed by atoms with Gasteiger partial charge in [-0.15, -0.1) is 0 Å². The topological polar surface area (TPSA) is 29.3 Å². The fraction of sp³-hybridized carbons (Fsp3) is 1.00. The maximum atomic E-state index is 6.01. The lowest BCUT2D eigenvalue weighted by atomic mass is 9.47. The Morgan fingerprint density at radius 2 is 1.68 bits per heavy atom. The molecule has 5 aliphatic rings. The van der Waals surface area contributed by atoms with Crippen LogP contribution in [0.2, 0.25) is 0 Å². The van der Waals surface area contributed by atoms with E-state index in [0.717, 1.165) is 30.3 Å². The maximum absolute atomic E-state index is 6.01. The van der Waals surface area contributed by atoms with Crippen molar-refractivity contribution in [1.82, 2.24) is 4.90 Å². The van der Waals surface area contributed by atoms with Gasteiger partial charge in [0.15, 0.2) is 0 Å². The molecule has 0 amide bonds. The molecule has 4 bridgehead atoms. The van der Waals surface area contributed by atoms with Crippen molar-refractivity contribution >= 4 is 0 Å². The number of likely N-dealkylation sites (tertiary alicyclic amines) is 1. The van der Waals surface area contributed by atoms with Crippen molar-refractivity contribution in [2.45, 2.75) is 70.4 Å². The van der Waals surface area contributed by atoms with Crippen LogP contribution in [0.4, 0.5) is 0 Å². The molecule has 0 aromatic carbocycles. The highest BCUT2D eigenvalue weighted by molar-refractivity contribution is 5.06. The Labute approximate surface area is 118 Å². The van der Waals surface area contributed by atoms with Crippen molar-refractivity contribution in [3.63, 3.8) is 0 Å². The first-order chi connectivity index (χ1) is 9.20. The van der Waals surface area contributed by atoms with Gasteiger partial charge >= 0.3 is 0 Å². The van der Waals surface area contributed by atoms with E-state index in [0.29, 0.717) is 11.5 Å². The minimum Gasteiger partial charge on any atom is -0.329 e. The van der Waals surface area contributed by atoms with E-state index in [2.05, 4.69) is 11.8 Å². The fourth-order valence-electron chi connectivity index (χ4n) is 6.66. The van der Waals surface area contributed by atoms with E-state index in [1.54, 1.807) is 19.3 Å². The second kappa shape index (κ2) is 4.46. The summed E-state index contributed by atoms with van der Waals surface area (Å²) >= 11 is 0. The normalized spacial score (nSPS) is 50.8. The lowest BCUT2D eigenvalue weighted by molar-refractivity contribution is -0.0983. The lowest BCUT2D eigenvalue weighted by Crippen LogP contribution is -2.57. The molecule has 19 heavy (non-hydrogen) atoms. The van der Waals surface area contributed by atoms with Crippen LogP contribution < -0.4 is 5.73 Å². The summed E-state index contributed by atoms with van der Waals surface area (Å²) in [7, 11) is 0. The molecule has 1 aliphatic heterocycles. The molecule has 4 aliphatic carbocycles. The Morgan fingerprint density at radius 1 is 1.11 bits per heavy atom. The standard InChI is InChI=1S/C17H30N2/c1-12(19-4-2-3-16(19)11-18)17-8-13-5-14(9-17)7-15(6-13)10-17/h12-16H,2-11,18H2,1H3. The number of nitrogens with two attached hydrogens (primary N) is 1. The highest BCUT2D eigenvalue weighted by atomic mass is 15.2. The van der Waals surface area contributed by atoms with E-state index in [1.807, 2.05) is 0 Å². The van der Waals surface area contributed by atoms with E-state index in [9.17, 15) is 0 Å². The Kier molecular flexibility index (Phi) is 2.97. The van der Waals surface area contributed by atoms with Gasteiger partial charge in [-0.3, -0.25) is 4.90 Å². The molecule has 2 heteroatoms. The molecule has 0 radical (unpaired) electrons. The minimum atomic E-state index is 0.673. The first-order valence-corrected chi connectivity index (χ1v) is 8.66. The predicted octanol–water partition coefficient (Wildman–Crippen LogP) is 3.01. The van der Waals surface area contributed by atoms with Gasteiger partial charge in [0.2, 0.25) is 0 Å². The van der Waals surface area contributed by atoms with Crippen LogP contribution in [0.5, 0.6) is 0 Å². The van der Waals surface area contributed by atoms with E-state index in [-0.39, 0.29) is 0 Å². The molecule has 1 saturated heterocycles. The van der Waals surface area contributed by atoms with E-state index >= 15 is 0 Å². The number of hydrogen-bond acceptors (Lipinski definition) is 2. The molecular weight excluding hydrogens is 232 g/mol. The predicted molar refractivity (Wildman–Crippen MR) is 78.8 cm³/mol. The highest BCUT2D eigenvalue weighted by Gasteiger charge is 2.54. The van der Waals surface area contributed by atoms with E-state index in [1.165, 1.54) is 38.6 Å². The molecule has 108 valence electrons. The quantitative estimate of drug-likeness (QED) is 0.847. The summed E-state index contributed by atoms with van der Waals surface area (Å²) in [5, 5.41) is 0. The summed E-state index contributed by atoms with van der Waals surface area (Å²) in [4.78, 5) is 2.80. The van der Waals surface area contributed by atoms with Gasteiger partial charge in [-0.1, -0.05) is 0 Å². The molecular formula is C17H30N2. The molecule has 0 spiro atoms. The van der Waals surface area contributed by atoms with Crippen LogP contribution in [0.3, 0.4) is 0 Å². The molecule has 2 nitrogen and oxygen atoms in total. The zero-order chi connectivity index (χ0) is 13.0. The zero-order valence-corrected chi connectivity index (χ0v) is 12.5. The Hall–Kier alpha value is -0.0800. The second-order valence-electron chi connectivity index (χ2n) is 8.23. The van der Waals surface area contributed by atoms with Gasteiger partial charge in [-0.25, -0.2) is 0 Å². The van der Waals surface area contributed by atoms with Crippen molar-refractivity contribution in [3.8, 4) is 0 Å². The Bertz CT molecular complexity index is 316. The fourth-order valence-corrected chi connectivity index (χ4v) is 6.66. The van der Waals surface area contributed by atoms with Crippen LogP contribution in [0.15, 0.2) is 0 Å². The van der Waals surface area contributed by atoms with Gasteiger partial charge in [-0.05, 0) is 88.0 Å². The molecule has 5 fully saturated rings. The second-order valence-corrected chi connectivity index (χ2v) is 8.23. The van der Waals surface area contributed by atoms with Crippen molar-refractivity contribution in [1.29, 1.82) is 0 Å². The Balaban J connectivity index is 1.57. The van der Waals surface area contributed by atoms with Crippen LogP contribution in [0, 0.1) is 23.2 Å². The van der Waals surface area contributed by atoms with Crippen molar-refractivity contribution in [2.75, 3.05) is 13.1 Å². The molecule has 5 rings (SSSR count). The van der Waals surface area contributed by atoms with Gasteiger partial charge < -0.3 is 5.73 Å². The molecule has 2 N–H and O–H groups in total. The number of nitrogens with zero attached hydrogens (tertiary/aromatic N) is 1. The van der Waals surface area contributed by atoms with Crippen LogP contribution in [0.25, 0.3) is 0 Å². The third-order valence-electron chi connectivity index (χ3n) is 7.16. The van der Waals surface area contributed by atoms with Crippen LogP contribution in [-0.4, -0.2) is 30.1 Å². The molecule has 2 atom stereocenters. The summed E-state index contributed by atoms with van der Waals surface area (Å²) in [5.41, 5.74) is 6.68. The van der Waals surface area contributed by atoms with Gasteiger partial charge in [0, 0.05) is 18.6 Å². The molecule has 0 aromatic rings. The zero-order valence-electron chi connectivity index (χ0n) is 12.5. The lowest BCUT2D eigenvalue weighted by Gasteiger charge is -2.60. The van der Waals surface area contributed by atoms with Gasteiger partial charge in [0.25, 0.3) is 0 Å². The van der Waals surface area contributed by atoms with Crippen LogP contribution in [-0.2, 0) is 0 Å². The monoisotopic (exact) mass is 262 g/mol. The highest BCUT2D eigenvalue weighted by Crippen LogP contribution is 2.62. The van der Waals surface area contributed by atoms with Crippen molar-refractivity contribution < 1.29 is 0 Å². The SMILES string of the molecule is CC(N1CCCC1CN)C12CC3CC(CC(C3)C1)C2. The summed E-state index contributed by atoms with van der Waals surface area (Å²) in [5.74, 6) is 3.23. The van der Waals surface area contributed by atoms with E-state index in [4.69, 9.17) is 5.73 Å². The summed E-state index contributed by atoms with van der Waals surface area (Å²) in [6, 6.07) is 1.47. The average Bonchev–Trinajstić information content (AvgIpc) is 2.84. The number of rotatable bonds is 3. The number of hydrogen-bond donors (Lipinski definition) is 1. The van der Waals surface area contributed by atoms with E-state index < -0.39 is 0 Å². The molecule has 2 unspecified atom stereocenters. The summed E-state index contributed by atoms with van der Waals surface area (Å²) in [6.07, 6.45) is 12.0. The first-order valence-electron chi connectivity index (χ1n) is 8.66. The van der Waals surface area contributed by atoms with Crippen molar-refractivity contribution in [2.24, 2.45) is 28.9 Å². The van der Waals surface area contributed by atoms with Crippen LogP contribution >= 0.6 is 0 Å². The third-order valence-corrected chi connectivity index (χ3v) is 7.16. The molecule has 1 heterocycles. The van der Waals surface area contributed by atoms with Gasteiger partial charge in [-0.2, -0.15) is 0 Å². The maximum Gasteiger partial charge on any atom is 0.0221 e. The Morgan fingerprint density at radius 3 is 2.21 bits per heavy atom. The molecule has 4 saturated carbocycles. The molecule has 0 aromatic heterocycles. The average molecular weight is 262 g/mol. The summed E-state index contributed by atoms with van der Waals surface area (Å²) < 4.78 is 0. The third kappa shape index (κ3) is 1.90. The first kappa shape index (κ1) is 12.6. The van der Waals surface area contributed by atoms with Crippen LogP contribution in [0.1, 0.15) is 58.3 Å².